The second-order valence-corrected chi connectivity index (χ2v) is 4.56. The average Bonchev–Trinajstić information content (AvgIpc) is 2.51. The molecule has 12 heavy (non-hydrogen) atoms. The summed E-state index contributed by atoms with van der Waals surface area (Å²) >= 11 is 7.25. The molecule has 1 nitrogen and oxygen atoms in total. The molecule has 0 aliphatic heterocycles. The minimum Gasteiger partial charge on any atom is -0.384 e. The SMILES string of the molecule is CCC(O)(CC)c1ccc(Cl)s1. The Morgan fingerprint density at radius 3 is 2.33 bits per heavy atom. The van der Waals surface area contributed by atoms with Gasteiger partial charge in [0.25, 0.3) is 0 Å². The summed E-state index contributed by atoms with van der Waals surface area (Å²) in [6.07, 6.45) is 1.47. The minimum absolute atomic E-state index is 0.669. The van der Waals surface area contributed by atoms with Crippen LogP contribution in [0.5, 0.6) is 0 Å². The van der Waals surface area contributed by atoms with E-state index in [1.54, 1.807) is 0 Å². The van der Waals surface area contributed by atoms with Gasteiger partial charge in [0.15, 0.2) is 0 Å². The van der Waals surface area contributed by atoms with E-state index < -0.39 is 5.60 Å². The van der Waals surface area contributed by atoms with Gasteiger partial charge < -0.3 is 5.11 Å². The highest BCUT2D eigenvalue weighted by Gasteiger charge is 2.26. The van der Waals surface area contributed by atoms with E-state index in [1.807, 2.05) is 26.0 Å². The minimum atomic E-state index is -0.669. The van der Waals surface area contributed by atoms with Gasteiger partial charge in [-0.15, -0.1) is 11.3 Å². The Balaban J connectivity index is 2.94. The Morgan fingerprint density at radius 2 is 2.00 bits per heavy atom. The number of hydrogen-bond acceptors (Lipinski definition) is 2. The molecule has 0 aliphatic rings. The second-order valence-electron chi connectivity index (χ2n) is 2.84. The van der Waals surface area contributed by atoms with Gasteiger partial charge in [0.2, 0.25) is 0 Å². The monoisotopic (exact) mass is 204 g/mol. The standard InChI is InChI=1S/C9H13ClOS/c1-3-9(11,4-2)7-5-6-8(10)12-7/h5-6,11H,3-4H2,1-2H3. The number of aliphatic hydroxyl groups is 1. The molecule has 3 heteroatoms. The van der Waals surface area contributed by atoms with Gasteiger partial charge in [0.1, 0.15) is 0 Å². The Labute approximate surface area is 82.0 Å². The van der Waals surface area contributed by atoms with Gasteiger partial charge in [-0.05, 0) is 25.0 Å². The molecule has 0 atom stereocenters. The molecular formula is C9H13ClOS. The third-order valence-electron chi connectivity index (χ3n) is 2.20. The number of halogens is 1. The van der Waals surface area contributed by atoms with Gasteiger partial charge in [0.05, 0.1) is 9.94 Å². The third kappa shape index (κ3) is 1.82. The van der Waals surface area contributed by atoms with E-state index in [4.69, 9.17) is 11.6 Å². The number of rotatable bonds is 3. The van der Waals surface area contributed by atoms with Crippen LogP contribution < -0.4 is 0 Å². The summed E-state index contributed by atoms with van der Waals surface area (Å²) in [5.41, 5.74) is -0.669. The fourth-order valence-electron chi connectivity index (χ4n) is 1.16. The molecule has 0 unspecified atom stereocenters. The van der Waals surface area contributed by atoms with Gasteiger partial charge in [-0.1, -0.05) is 25.4 Å². The third-order valence-corrected chi connectivity index (χ3v) is 3.63. The Hall–Kier alpha value is -0.0500. The van der Waals surface area contributed by atoms with Crippen molar-refractivity contribution in [3.63, 3.8) is 0 Å². The first-order valence-corrected chi connectivity index (χ1v) is 5.30. The van der Waals surface area contributed by atoms with Crippen molar-refractivity contribution < 1.29 is 5.11 Å². The van der Waals surface area contributed by atoms with Crippen molar-refractivity contribution in [1.29, 1.82) is 0 Å². The zero-order chi connectivity index (χ0) is 9.19. The summed E-state index contributed by atoms with van der Waals surface area (Å²) < 4.78 is 0.741. The van der Waals surface area contributed by atoms with E-state index in [9.17, 15) is 5.11 Å². The Morgan fingerprint density at radius 1 is 1.42 bits per heavy atom. The van der Waals surface area contributed by atoms with Crippen molar-refractivity contribution >= 4 is 22.9 Å². The van der Waals surface area contributed by atoms with Crippen molar-refractivity contribution in [1.82, 2.24) is 0 Å². The highest BCUT2D eigenvalue weighted by atomic mass is 35.5. The van der Waals surface area contributed by atoms with Crippen molar-refractivity contribution in [2.75, 3.05) is 0 Å². The maximum absolute atomic E-state index is 10.1. The molecule has 0 saturated heterocycles. The number of thiophene rings is 1. The largest absolute Gasteiger partial charge is 0.384 e. The van der Waals surface area contributed by atoms with Crippen LogP contribution in [0.1, 0.15) is 31.6 Å². The smallest absolute Gasteiger partial charge is 0.0983 e. The average molecular weight is 205 g/mol. The molecule has 1 aromatic rings. The molecule has 1 heterocycles. The molecule has 1 rings (SSSR count). The molecule has 0 bridgehead atoms. The summed E-state index contributed by atoms with van der Waals surface area (Å²) in [6, 6.07) is 3.73. The van der Waals surface area contributed by atoms with Crippen LogP contribution in [-0.2, 0) is 5.60 Å². The first kappa shape index (κ1) is 10.0. The fraction of sp³-hybridized carbons (Fsp3) is 0.556. The number of hydrogen-bond donors (Lipinski definition) is 1. The lowest BCUT2D eigenvalue weighted by atomic mass is 9.96. The van der Waals surface area contributed by atoms with E-state index in [-0.39, 0.29) is 0 Å². The Kier molecular flexibility index (Phi) is 3.16. The highest BCUT2D eigenvalue weighted by Crippen LogP contribution is 2.35. The summed E-state index contributed by atoms with van der Waals surface area (Å²) in [4.78, 5) is 0.970. The van der Waals surface area contributed by atoms with Crippen LogP contribution in [0.2, 0.25) is 4.34 Å². The predicted octanol–water partition coefficient (Wildman–Crippen LogP) is 3.41. The second kappa shape index (κ2) is 3.77. The summed E-state index contributed by atoms with van der Waals surface area (Å²) in [7, 11) is 0. The molecule has 0 radical (unpaired) electrons. The summed E-state index contributed by atoms with van der Waals surface area (Å²) in [5, 5.41) is 10.1. The van der Waals surface area contributed by atoms with Gasteiger partial charge in [-0.25, -0.2) is 0 Å². The molecule has 0 aliphatic carbocycles. The van der Waals surface area contributed by atoms with E-state index >= 15 is 0 Å². The molecule has 0 saturated carbocycles. The van der Waals surface area contributed by atoms with E-state index in [2.05, 4.69) is 0 Å². The van der Waals surface area contributed by atoms with Crippen LogP contribution in [0.4, 0.5) is 0 Å². The zero-order valence-electron chi connectivity index (χ0n) is 7.30. The molecule has 0 amide bonds. The lowest BCUT2D eigenvalue weighted by Gasteiger charge is -2.23. The topological polar surface area (TPSA) is 20.2 Å². The fourth-order valence-corrected chi connectivity index (χ4v) is 2.44. The van der Waals surface area contributed by atoms with Gasteiger partial charge in [-0.2, -0.15) is 0 Å². The van der Waals surface area contributed by atoms with Crippen LogP contribution in [0.25, 0.3) is 0 Å². The quantitative estimate of drug-likeness (QED) is 0.800. The van der Waals surface area contributed by atoms with E-state index in [0.29, 0.717) is 0 Å². The van der Waals surface area contributed by atoms with Crippen LogP contribution in [0, 0.1) is 0 Å². The van der Waals surface area contributed by atoms with Crippen molar-refractivity contribution in [3.8, 4) is 0 Å². The van der Waals surface area contributed by atoms with Crippen molar-refractivity contribution in [3.05, 3.63) is 21.3 Å². The summed E-state index contributed by atoms with van der Waals surface area (Å²) in [5.74, 6) is 0. The highest BCUT2D eigenvalue weighted by molar-refractivity contribution is 7.16. The van der Waals surface area contributed by atoms with Crippen LogP contribution in [-0.4, -0.2) is 5.11 Å². The Bertz CT molecular complexity index is 253. The van der Waals surface area contributed by atoms with Gasteiger partial charge >= 0.3 is 0 Å². The molecule has 0 spiro atoms. The molecule has 1 aromatic heterocycles. The lowest BCUT2D eigenvalue weighted by Crippen LogP contribution is -2.21. The first-order valence-electron chi connectivity index (χ1n) is 4.10. The van der Waals surface area contributed by atoms with E-state index in [1.165, 1.54) is 11.3 Å². The molecule has 0 fully saturated rings. The normalized spacial score (nSPS) is 12.0. The van der Waals surface area contributed by atoms with Crippen LogP contribution >= 0.6 is 22.9 Å². The van der Waals surface area contributed by atoms with Crippen LogP contribution in [0.15, 0.2) is 12.1 Å². The van der Waals surface area contributed by atoms with Crippen LogP contribution in [0.3, 0.4) is 0 Å². The predicted molar refractivity (Wildman–Crippen MR) is 53.8 cm³/mol. The maximum Gasteiger partial charge on any atom is 0.0983 e. The molecule has 68 valence electrons. The van der Waals surface area contributed by atoms with Gasteiger partial charge in [0, 0.05) is 4.88 Å². The first-order chi connectivity index (χ1) is 5.62. The van der Waals surface area contributed by atoms with Gasteiger partial charge in [-0.3, -0.25) is 0 Å². The molecule has 1 N–H and O–H groups in total. The zero-order valence-corrected chi connectivity index (χ0v) is 8.87. The lowest BCUT2D eigenvalue weighted by molar-refractivity contribution is 0.0321. The van der Waals surface area contributed by atoms with E-state index in [0.717, 1.165) is 22.1 Å². The van der Waals surface area contributed by atoms with Crippen molar-refractivity contribution in [2.24, 2.45) is 0 Å². The molecule has 0 aromatic carbocycles. The summed E-state index contributed by atoms with van der Waals surface area (Å²) in [6.45, 7) is 3.97. The maximum atomic E-state index is 10.1. The van der Waals surface area contributed by atoms with Crippen molar-refractivity contribution in [2.45, 2.75) is 32.3 Å². The molecular weight excluding hydrogens is 192 g/mol.